The van der Waals surface area contributed by atoms with E-state index in [9.17, 15) is 18.0 Å². The van der Waals surface area contributed by atoms with E-state index in [1.165, 1.54) is 6.07 Å². The summed E-state index contributed by atoms with van der Waals surface area (Å²) in [6.07, 6.45) is -4.69. The molecule has 0 fully saturated rings. The lowest BCUT2D eigenvalue weighted by Crippen LogP contribution is -2.32. The number of amides is 1. The van der Waals surface area contributed by atoms with Gasteiger partial charge in [0, 0.05) is 25.9 Å². The Morgan fingerprint density at radius 2 is 2.05 bits per heavy atom. The molecule has 4 nitrogen and oxygen atoms in total. The summed E-state index contributed by atoms with van der Waals surface area (Å²) in [7, 11) is 1.54. The number of nitrogens with one attached hydrogen (secondary N) is 2. The molecule has 1 rings (SSSR count). The SMILES string of the molecule is CCOC(C)CNC(=O)c1cc(C(F)(F)F)ccc1NC. The van der Waals surface area contributed by atoms with Crippen LogP contribution in [0.4, 0.5) is 18.9 Å². The van der Waals surface area contributed by atoms with Gasteiger partial charge < -0.3 is 15.4 Å². The van der Waals surface area contributed by atoms with E-state index in [-0.39, 0.29) is 18.2 Å². The van der Waals surface area contributed by atoms with Crippen molar-refractivity contribution in [3.63, 3.8) is 0 Å². The highest BCUT2D eigenvalue weighted by Crippen LogP contribution is 2.31. The van der Waals surface area contributed by atoms with E-state index in [0.29, 0.717) is 12.3 Å². The Hall–Kier alpha value is -1.76. The second-order valence-electron chi connectivity index (χ2n) is 4.48. The summed E-state index contributed by atoms with van der Waals surface area (Å²) < 4.78 is 43.4. The predicted octanol–water partition coefficient (Wildman–Crippen LogP) is 2.90. The number of carbonyl (C=O) groups excluding carboxylic acids is 1. The second-order valence-corrected chi connectivity index (χ2v) is 4.48. The zero-order valence-corrected chi connectivity index (χ0v) is 12.2. The topological polar surface area (TPSA) is 50.4 Å². The monoisotopic (exact) mass is 304 g/mol. The first-order chi connectivity index (χ1) is 9.79. The van der Waals surface area contributed by atoms with Crippen molar-refractivity contribution < 1.29 is 22.7 Å². The number of rotatable bonds is 6. The number of alkyl halides is 3. The summed E-state index contributed by atoms with van der Waals surface area (Å²) in [5.74, 6) is -0.572. The molecule has 1 aromatic carbocycles. The van der Waals surface area contributed by atoms with Gasteiger partial charge in [-0.05, 0) is 32.0 Å². The summed E-state index contributed by atoms with van der Waals surface area (Å²) in [4.78, 5) is 12.0. The first kappa shape index (κ1) is 17.3. The number of anilines is 1. The molecule has 0 aromatic heterocycles. The molecule has 1 aromatic rings. The van der Waals surface area contributed by atoms with Gasteiger partial charge in [-0.15, -0.1) is 0 Å². The minimum Gasteiger partial charge on any atom is -0.387 e. The van der Waals surface area contributed by atoms with Gasteiger partial charge in [0.2, 0.25) is 0 Å². The fourth-order valence-corrected chi connectivity index (χ4v) is 1.80. The van der Waals surface area contributed by atoms with Gasteiger partial charge in [0.1, 0.15) is 0 Å². The molecule has 0 heterocycles. The predicted molar refractivity (Wildman–Crippen MR) is 74.4 cm³/mol. The molecule has 0 spiro atoms. The summed E-state index contributed by atoms with van der Waals surface area (Å²) in [5, 5.41) is 5.27. The highest BCUT2D eigenvalue weighted by Gasteiger charge is 2.31. The summed E-state index contributed by atoms with van der Waals surface area (Å²) >= 11 is 0. The van der Waals surface area contributed by atoms with Gasteiger partial charge >= 0.3 is 6.18 Å². The second kappa shape index (κ2) is 7.31. The van der Waals surface area contributed by atoms with Crippen molar-refractivity contribution in [2.75, 3.05) is 25.5 Å². The number of carbonyl (C=O) groups is 1. The van der Waals surface area contributed by atoms with Crippen molar-refractivity contribution in [1.29, 1.82) is 0 Å². The van der Waals surface area contributed by atoms with Crippen molar-refractivity contribution in [3.05, 3.63) is 29.3 Å². The van der Waals surface area contributed by atoms with Crippen molar-refractivity contribution in [2.24, 2.45) is 0 Å². The molecule has 0 aliphatic rings. The van der Waals surface area contributed by atoms with Crippen LogP contribution in [0.3, 0.4) is 0 Å². The summed E-state index contributed by atoms with van der Waals surface area (Å²) in [6.45, 7) is 4.33. The van der Waals surface area contributed by atoms with E-state index < -0.39 is 17.6 Å². The van der Waals surface area contributed by atoms with Crippen LogP contribution in [0.1, 0.15) is 29.8 Å². The van der Waals surface area contributed by atoms with Crippen LogP contribution >= 0.6 is 0 Å². The van der Waals surface area contributed by atoms with E-state index in [0.717, 1.165) is 12.1 Å². The maximum atomic E-state index is 12.7. The third-order valence-corrected chi connectivity index (χ3v) is 2.86. The molecule has 7 heteroatoms. The fourth-order valence-electron chi connectivity index (χ4n) is 1.80. The van der Waals surface area contributed by atoms with Crippen LogP contribution in [-0.4, -0.2) is 32.2 Å². The zero-order chi connectivity index (χ0) is 16.0. The van der Waals surface area contributed by atoms with Gasteiger partial charge in [-0.25, -0.2) is 0 Å². The molecule has 0 bridgehead atoms. The van der Waals surface area contributed by atoms with Crippen molar-refractivity contribution in [3.8, 4) is 0 Å². The Morgan fingerprint density at radius 1 is 1.38 bits per heavy atom. The van der Waals surface area contributed by atoms with Crippen LogP contribution < -0.4 is 10.6 Å². The van der Waals surface area contributed by atoms with E-state index in [1.54, 1.807) is 14.0 Å². The summed E-state index contributed by atoms with van der Waals surface area (Å²) in [5.41, 5.74) is -0.565. The molecule has 1 atom stereocenters. The lowest BCUT2D eigenvalue weighted by Gasteiger charge is -2.15. The Labute approximate surface area is 121 Å². The standard InChI is InChI=1S/C14H19F3N2O2/c1-4-21-9(2)8-19-13(20)11-7-10(14(15,16)17)5-6-12(11)18-3/h5-7,9,18H,4,8H2,1-3H3,(H,19,20). The third kappa shape index (κ3) is 4.93. The molecule has 1 amide bonds. The molecule has 0 saturated carbocycles. The maximum Gasteiger partial charge on any atom is 0.416 e. The molecule has 0 aliphatic heterocycles. The average Bonchev–Trinajstić information content (AvgIpc) is 2.43. The van der Waals surface area contributed by atoms with E-state index >= 15 is 0 Å². The van der Waals surface area contributed by atoms with Gasteiger partial charge in [-0.1, -0.05) is 0 Å². The number of halogens is 3. The molecule has 2 N–H and O–H groups in total. The lowest BCUT2D eigenvalue weighted by atomic mass is 10.1. The molecule has 0 saturated heterocycles. The quantitative estimate of drug-likeness (QED) is 0.849. The fraction of sp³-hybridized carbons (Fsp3) is 0.500. The maximum absolute atomic E-state index is 12.7. The van der Waals surface area contributed by atoms with E-state index in [1.807, 2.05) is 6.92 Å². The van der Waals surface area contributed by atoms with Gasteiger partial charge in [-0.2, -0.15) is 13.2 Å². The lowest BCUT2D eigenvalue weighted by molar-refractivity contribution is -0.137. The Morgan fingerprint density at radius 3 is 2.57 bits per heavy atom. The van der Waals surface area contributed by atoms with Crippen molar-refractivity contribution in [2.45, 2.75) is 26.1 Å². The van der Waals surface area contributed by atoms with Crippen LogP contribution in [0, 0.1) is 0 Å². The Balaban J connectivity index is 2.91. The molecule has 0 radical (unpaired) electrons. The van der Waals surface area contributed by atoms with Crippen LogP contribution in [0.5, 0.6) is 0 Å². The largest absolute Gasteiger partial charge is 0.416 e. The molecule has 118 valence electrons. The Bertz CT molecular complexity index is 490. The third-order valence-electron chi connectivity index (χ3n) is 2.86. The van der Waals surface area contributed by atoms with Gasteiger partial charge in [0.25, 0.3) is 5.91 Å². The highest BCUT2D eigenvalue weighted by atomic mass is 19.4. The number of hydrogen-bond acceptors (Lipinski definition) is 3. The van der Waals surface area contributed by atoms with Gasteiger partial charge in [-0.3, -0.25) is 4.79 Å². The van der Waals surface area contributed by atoms with Crippen LogP contribution in [0.25, 0.3) is 0 Å². The van der Waals surface area contributed by atoms with Crippen molar-refractivity contribution in [1.82, 2.24) is 5.32 Å². The van der Waals surface area contributed by atoms with Crippen LogP contribution in [0.2, 0.25) is 0 Å². The number of ether oxygens (including phenoxy) is 1. The van der Waals surface area contributed by atoms with Crippen LogP contribution in [-0.2, 0) is 10.9 Å². The Kier molecular flexibility index (Phi) is 6.02. The molecule has 1 unspecified atom stereocenters. The van der Waals surface area contributed by atoms with E-state index in [4.69, 9.17) is 4.74 Å². The normalized spacial score (nSPS) is 12.9. The highest BCUT2D eigenvalue weighted by molar-refractivity contribution is 5.99. The first-order valence-electron chi connectivity index (χ1n) is 6.58. The zero-order valence-electron chi connectivity index (χ0n) is 12.2. The minimum atomic E-state index is -4.49. The van der Waals surface area contributed by atoms with Gasteiger partial charge in [0.15, 0.2) is 0 Å². The first-order valence-corrected chi connectivity index (χ1v) is 6.58. The molecule has 0 aliphatic carbocycles. The minimum absolute atomic E-state index is 0.0453. The molecular formula is C14H19F3N2O2. The smallest absolute Gasteiger partial charge is 0.387 e. The molecule has 21 heavy (non-hydrogen) atoms. The number of hydrogen-bond donors (Lipinski definition) is 2. The summed E-state index contributed by atoms with van der Waals surface area (Å²) in [6, 6.07) is 3.02. The average molecular weight is 304 g/mol. The number of benzene rings is 1. The van der Waals surface area contributed by atoms with Crippen LogP contribution in [0.15, 0.2) is 18.2 Å². The van der Waals surface area contributed by atoms with Crippen molar-refractivity contribution >= 4 is 11.6 Å². The molecular weight excluding hydrogens is 285 g/mol. The van der Waals surface area contributed by atoms with Gasteiger partial charge in [0.05, 0.1) is 17.2 Å². The van der Waals surface area contributed by atoms with E-state index in [2.05, 4.69) is 10.6 Å².